The lowest BCUT2D eigenvalue weighted by Gasteiger charge is -2.29. The van der Waals surface area contributed by atoms with E-state index < -0.39 is 0 Å². The Morgan fingerprint density at radius 2 is 0.828 bits per heavy atom. The Morgan fingerprint density at radius 3 is 1.64 bits per heavy atom. The van der Waals surface area contributed by atoms with Crippen LogP contribution in [0.15, 0.2) is 229 Å². The minimum Gasteiger partial charge on any atom is -0.456 e. The van der Waals surface area contributed by atoms with Crippen LogP contribution in [0, 0.1) is 0 Å². The van der Waals surface area contributed by atoms with Gasteiger partial charge in [0.05, 0.1) is 5.69 Å². The zero-order chi connectivity index (χ0) is 38.4. The topological polar surface area (TPSA) is 16.4 Å². The van der Waals surface area contributed by atoms with Gasteiger partial charge in [-0.3, -0.25) is 0 Å². The van der Waals surface area contributed by atoms with Crippen LogP contribution in [0.1, 0.15) is 0 Å². The van der Waals surface area contributed by atoms with Crippen molar-refractivity contribution in [1.82, 2.24) is 0 Å². The maximum absolute atomic E-state index is 6.31. The molecule has 272 valence electrons. The van der Waals surface area contributed by atoms with Crippen molar-refractivity contribution in [1.29, 1.82) is 0 Å². The van der Waals surface area contributed by atoms with Crippen molar-refractivity contribution >= 4 is 60.5 Å². The molecule has 58 heavy (non-hydrogen) atoms. The minimum atomic E-state index is 0.875. The Labute approximate surface area is 337 Å². The predicted molar refractivity (Wildman–Crippen MR) is 245 cm³/mol. The number of nitrogens with zero attached hydrogens (tertiary/aromatic N) is 1. The summed E-state index contributed by atoms with van der Waals surface area (Å²) >= 11 is 0. The third kappa shape index (κ3) is 5.74. The molecule has 1 heterocycles. The molecule has 11 aromatic rings. The van der Waals surface area contributed by atoms with Crippen LogP contribution in [0.5, 0.6) is 0 Å². The third-order valence-electron chi connectivity index (χ3n) is 11.5. The van der Waals surface area contributed by atoms with Gasteiger partial charge in [-0.25, -0.2) is 0 Å². The van der Waals surface area contributed by atoms with Gasteiger partial charge in [-0.1, -0.05) is 182 Å². The fourth-order valence-corrected chi connectivity index (χ4v) is 8.80. The molecular formula is C56H37NO. The Hall–Kier alpha value is -7.68. The van der Waals surface area contributed by atoms with E-state index in [-0.39, 0.29) is 0 Å². The third-order valence-corrected chi connectivity index (χ3v) is 11.5. The van der Waals surface area contributed by atoms with Crippen LogP contribution in [0.4, 0.5) is 17.1 Å². The van der Waals surface area contributed by atoms with Crippen molar-refractivity contribution in [2.45, 2.75) is 0 Å². The molecule has 0 atom stereocenters. The first-order valence-corrected chi connectivity index (χ1v) is 19.8. The smallest absolute Gasteiger partial charge is 0.135 e. The largest absolute Gasteiger partial charge is 0.456 e. The average molecular weight is 740 g/mol. The molecule has 1 aromatic heterocycles. The van der Waals surface area contributed by atoms with E-state index in [4.69, 9.17) is 4.42 Å². The number of benzene rings is 10. The van der Waals surface area contributed by atoms with Crippen molar-refractivity contribution in [2.75, 3.05) is 4.90 Å². The first-order chi connectivity index (χ1) is 28.8. The molecule has 0 bridgehead atoms. The summed E-state index contributed by atoms with van der Waals surface area (Å²) in [6.45, 7) is 0. The van der Waals surface area contributed by atoms with Crippen LogP contribution >= 0.6 is 0 Å². The van der Waals surface area contributed by atoms with Gasteiger partial charge in [-0.2, -0.15) is 0 Å². The number of furan rings is 1. The molecule has 0 aliphatic carbocycles. The maximum atomic E-state index is 6.31. The molecule has 11 rings (SSSR count). The Kier molecular flexibility index (Phi) is 8.19. The summed E-state index contributed by atoms with van der Waals surface area (Å²) < 4.78 is 6.31. The molecule has 0 saturated heterocycles. The van der Waals surface area contributed by atoms with Gasteiger partial charge in [0.15, 0.2) is 0 Å². The van der Waals surface area contributed by atoms with E-state index in [1.54, 1.807) is 0 Å². The van der Waals surface area contributed by atoms with Crippen LogP contribution in [-0.4, -0.2) is 0 Å². The quantitative estimate of drug-likeness (QED) is 0.151. The maximum Gasteiger partial charge on any atom is 0.135 e. The van der Waals surface area contributed by atoms with E-state index in [0.29, 0.717) is 0 Å². The SMILES string of the molecule is c1ccc(-c2ccccc2-c2ccccc2-c2ccccc2N(c2ccc(-c3cccc4c3ccc3ccccc34)cc2)c2ccc3oc4ccccc4c3c2)cc1. The van der Waals surface area contributed by atoms with Crippen molar-refractivity contribution in [3.05, 3.63) is 224 Å². The average Bonchev–Trinajstić information content (AvgIpc) is 3.68. The second-order valence-corrected chi connectivity index (χ2v) is 14.8. The summed E-state index contributed by atoms with van der Waals surface area (Å²) in [6.07, 6.45) is 0. The number of fused-ring (bicyclic) bond motifs is 6. The highest BCUT2D eigenvalue weighted by Crippen LogP contribution is 2.46. The lowest BCUT2D eigenvalue weighted by molar-refractivity contribution is 0.669. The Bertz CT molecular complexity index is 3290. The highest BCUT2D eigenvalue weighted by Gasteiger charge is 2.21. The minimum absolute atomic E-state index is 0.875. The van der Waals surface area contributed by atoms with Crippen molar-refractivity contribution in [3.63, 3.8) is 0 Å². The zero-order valence-corrected chi connectivity index (χ0v) is 31.7. The van der Waals surface area contributed by atoms with E-state index in [9.17, 15) is 0 Å². The van der Waals surface area contributed by atoms with Crippen molar-refractivity contribution in [2.24, 2.45) is 0 Å². The molecule has 2 heteroatoms. The highest BCUT2D eigenvalue weighted by atomic mass is 16.3. The number of hydrogen-bond acceptors (Lipinski definition) is 2. The van der Waals surface area contributed by atoms with E-state index in [1.165, 1.54) is 60.5 Å². The van der Waals surface area contributed by atoms with Crippen LogP contribution in [0.3, 0.4) is 0 Å². The molecule has 10 aromatic carbocycles. The number of rotatable bonds is 7. The van der Waals surface area contributed by atoms with E-state index in [1.807, 2.05) is 12.1 Å². The van der Waals surface area contributed by atoms with Gasteiger partial charge in [-0.05, 0) is 103 Å². The monoisotopic (exact) mass is 739 g/mol. The fraction of sp³-hybridized carbons (Fsp3) is 0. The Balaban J connectivity index is 1.10. The van der Waals surface area contributed by atoms with Crippen molar-refractivity contribution < 1.29 is 4.42 Å². The Morgan fingerprint density at radius 1 is 0.276 bits per heavy atom. The standard InChI is InChI=1S/C56H37NO/c1-2-15-38(16-3-1)43-19-6-7-20-46(43)48-21-8-9-22-49(48)51-23-10-12-27-54(51)57(42-34-36-56-53(37-42)52-24-11-13-28-55(52)58-56)41-32-29-40(30-33-41)45-25-14-26-47-44-18-5-4-17-39(44)31-35-50(45)47/h1-37H. The molecule has 0 saturated carbocycles. The normalized spacial score (nSPS) is 11.4. The van der Waals surface area contributed by atoms with E-state index in [0.717, 1.165) is 44.6 Å². The van der Waals surface area contributed by atoms with Gasteiger partial charge < -0.3 is 9.32 Å². The van der Waals surface area contributed by atoms with Crippen LogP contribution in [0.25, 0.3) is 88.0 Å². The molecule has 2 nitrogen and oxygen atoms in total. The molecule has 0 aliphatic rings. The zero-order valence-electron chi connectivity index (χ0n) is 31.7. The van der Waals surface area contributed by atoms with Gasteiger partial charge in [0.25, 0.3) is 0 Å². The van der Waals surface area contributed by atoms with Gasteiger partial charge >= 0.3 is 0 Å². The van der Waals surface area contributed by atoms with Gasteiger partial charge in [0.2, 0.25) is 0 Å². The van der Waals surface area contributed by atoms with Crippen LogP contribution in [-0.2, 0) is 0 Å². The lowest BCUT2D eigenvalue weighted by atomic mass is 9.88. The second-order valence-electron chi connectivity index (χ2n) is 14.8. The summed E-state index contributed by atoms with van der Waals surface area (Å²) in [4.78, 5) is 2.40. The summed E-state index contributed by atoms with van der Waals surface area (Å²) in [7, 11) is 0. The summed E-state index contributed by atoms with van der Waals surface area (Å²) in [5.41, 5.74) is 14.5. The molecule has 0 spiro atoms. The summed E-state index contributed by atoms with van der Waals surface area (Å²) in [5, 5.41) is 7.24. The van der Waals surface area contributed by atoms with E-state index >= 15 is 0 Å². The number of para-hydroxylation sites is 2. The molecule has 0 amide bonds. The molecule has 0 N–H and O–H groups in total. The summed E-state index contributed by atoms with van der Waals surface area (Å²) in [5.74, 6) is 0. The number of hydrogen-bond donors (Lipinski definition) is 0. The highest BCUT2D eigenvalue weighted by molar-refractivity contribution is 6.12. The molecule has 0 unspecified atom stereocenters. The lowest BCUT2D eigenvalue weighted by Crippen LogP contribution is -2.11. The fourth-order valence-electron chi connectivity index (χ4n) is 8.80. The second kappa shape index (κ2) is 14.1. The summed E-state index contributed by atoms with van der Waals surface area (Å²) in [6, 6.07) is 80.7. The van der Waals surface area contributed by atoms with Crippen LogP contribution < -0.4 is 4.90 Å². The molecular weight excluding hydrogens is 703 g/mol. The van der Waals surface area contributed by atoms with Crippen molar-refractivity contribution in [3.8, 4) is 44.5 Å². The molecule has 0 fully saturated rings. The van der Waals surface area contributed by atoms with Crippen LogP contribution in [0.2, 0.25) is 0 Å². The predicted octanol–water partition coefficient (Wildman–Crippen LogP) is 16.0. The number of anilines is 3. The van der Waals surface area contributed by atoms with Gasteiger partial charge in [0, 0.05) is 27.7 Å². The van der Waals surface area contributed by atoms with Gasteiger partial charge in [-0.15, -0.1) is 0 Å². The first kappa shape index (κ1) is 33.6. The molecule has 0 aliphatic heterocycles. The van der Waals surface area contributed by atoms with E-state index in [2.05, 4.69) is 217 Å². The van der Waals surface area contributed by atoms with Gasteiger partial charge in [0.1, 0.15) is 11.2 Å². The molecule has 0 radical (unpaired) electrons. The first-order valence-electron chi connectivity index (χ1n) is 19.8.